The molecule has 2 aromatic carbocycles. The van der Waals surface area contributed by atoms with Crippen LogP contribution < -0.4 is 5.43 Å². The number of ether oxygens (including phenoxy) is 1. The maximum absolute atomic E-state index is 12.9. The van der Waals surface area contributed by atoms with E-state index in [1.165, 1.54) is 0 Å². The van der Waals surface area contributed by atoms with Gasteiger partial charge in [-0.1, -0.05) is 0 Å². The summed E-state index contributed by atoms with van der Waals surface area (Å²) in [6.45, 7) is -0.786. The molecular formula is C21H20O13. The van der Waals surface area contributed by atoms with E-state index in [1.807, 2.05) is 0 Å². The molecule has 1 aliphatic rings. The second-order valence-corrected chi connectivity index (χ2v) is 7.75. The smallest absolute Gasteiger partial charge is 0.238 e. The fourth-order valence-corrected chi connectivity index (χ4v) is 3.88. The van der Waals surface area contributed by atoms with E-state index in [9.17, 15) is 55.9 Å². The van der Waals surface area contributed by atoms with E-state index >= 15 is 0 Å². The standard InChI is InChI=1S/C21H20O13/c22-4-11-14(27)17(30)19(32)21(34-11)12-9(26)3-10-13(15(12)28)16(29)18(31)20(33-10)5-1-7(24)8(25)2-6(5)23/h1-3,11,14,17,19,21-28,30-32H,4H2. The van der Waals surface area contributed by atoms with Crippen molar-refractivity contribution in [3.8, 4) is 45.8 Å². The topological polar surface area (TPSA) is 242 Å². The summed E-state index contributed by atoms with van der Waals surface area (Å²) in [6, 6.07) is 2.36. The Hall–Kier alpha value is -3.75. The molecule has 10 N–H and O–H groups in total. The average Bonchev–Trinajstić information content (AvgIpc) is 2.78. The molecule has 1 aromatic heterocycles. The van der Waals surface area contributed by atoms with Crippen molar-refractivity contribution in [1.82, 2.24) is 0 Å². The Kier molecular flexibility index (Phi) is 5.67. The minimum Gasteiger partial charge on any atom is -0.507 e. The zero-order valence-electron chi connectivity index (χ0n) is 17.0. The van der Waals surface area contributed by atoms with Gasteiger partial charge in [-0.05, 0) is 6.07 Å². The van der Waals surface area contributed by atoms with Crippen LogP contribution in [0.4, 0.5) is 0 Å². The Labute approximate surface area is 188 Å². The Balaban J connectivity index is 1.93. The summed E-state index contributed by atoms with van der Waals surface area (Å²) in [5, 5.41) is 99.9. The van der Waals surface area contributed by atoms with Crippen LogP contribution in [0.5, 0.6) is 34.5 Å². The maximum atomic E-state index is 12.9. The first kappa shape index (κ1) is 23.4. The number of fused-ring (bicyclic) bond motifs is 1. The lowest BCUT2D eigenvalue weighted by Crippen LogP contribution is -2.55. The van der Waals surface area contributed by atoms with E-state index in [2.05, 4.69) is 0 Å². The van der Waals surface area contributed by atoms with Gasteiger partial charge in [0.25, 0.3) is 0 Å². The molecule has 4 rings (SSSR count). The number of hydrogen-bond acceptors (Lipinski definition) is 13. The van der Waals surface area contributed by atoms with Crippen molar-refractivity contribution in [1.29, 1.82) is 0 Å². The predicted molar refractivity (Wildman–Crippen MR) is 111 cm³/mol. The third-order valence-electron chi connectivity index (χ3n) is 5.67. The van der Waals surface area contributed by atoms with Crippen LogP contribution in [-0.2, 0) is 4.74 Å². The number of phenolic OH excluding ortho intramolecular Hbond substituents is 5. The third-order valence-corrected chi connectivity index (χ3v) is 5.67. The Morgan fingerprint density at radius 2 is 1.41 bits per heavy atom. The van der Waals surface area contributed by atoms with E-state index in [4.69, 9.17) is 9.15 Å². The lowest BCUT2D eigenvalue weighted by Gasteiger charge is -2.40. The van der Waals surface area contributed by atoms with Crippen LogP contribution in [0.2, 0.25) is 0 Å². The normalized spacial score (nSPS) is 25.0. The van der Waals surface area contributed by atoms with Gasteiger partial charge in [0, 0.05) is 12.1 Å². The zero-order valence-corrected chi connectivity index (χ0v) is 17.0. The number of rotatable bonds is 3. The molecule has 5 atom stereocenters. The highest BCUT2D eigenvalue weighted by atomic mass is 16.5. The summed E-state index contributed by atoms with van der Waals surface area (Å²) < 4.78 is 10.7. The lowest BCUT2D eigenvalue weighted by molar-refractivity contribution is -0.232. The van der Waals surface area contributed by atoms with Crippen LogP contribution in [0.1, 0.15) is 11.7 Å². The minimum atomic E-state index is -1.90. The highest BCUT2D eigenvalue weighted by molar-refractivity contribution is 5.90. The minimum absolute atomic E-state index is 0.399. The van der Waals surface area contributed by atoms with Gasteiger partial charge >= 0.3 is 0 Å². The second-order valence-electron chi connectivity index (χ2n) is 7.75. The molecule has 182 valence electrons. The number of aliphatic hydroxyl groups is 4. The largest absolute Gasteiger partial charge is 0.507 e. The molecule has 0 amide bonds. The molecule has 3 aromatic rings. The predicted octanol–water partition coefficient (Wildman–Crippen LogP) is -0.791. The molecular weight excluding hydrogens is 460 g/mol. The van der Waals surface area contributed by atoms with Crippen molar-refractivity contribution in [2.75, 3.05) is 6.61 Å². The van der Waals surface area contributed by atoms with Gasteiger partial charge in [-0.2, -0.15) is 0 Å². The Morgan fingerprint density at radius 1 is 0.765 bits per heavy atom. The SMILES string of the molecule is O=c1c(O)c(-c2cc(O)c(O)cc2O)oc2cc(O)c(C3OC(CO)C(O)C(O)C3O)c(O)c12. The summed E-state index contributed by atoms with van der Waals surface area (Å²) in [6.07, 6.45) is -8.55. The third kappa shape index (κ3) is 3.43. The van der Waals surface area contributed by atoms with E-state index < -0.39 is 105 Å². The fourth-order valence-electron chi connectivity index (χ4n) is 3.88. The van der Waals surface area contributed by atoms with Crippen LogP contribution in [-0.4, -0.2) is 82.1 Å². The summed E-state index contributed by atoms with van der Waals surface area (Å²) in [7, 11) is 0. The molecule has 2 heterocycles. The van der Waals surface area contributed by atoms with E-state index in [1.54, 1.807) is 0 Å². The summed E-state index contributed by atoms with van der Waals surface area (Å²) in [5.41, 5.74) is -2.72. The van der Waals surface area contributed by atoms with Crippen LogP contribution in [0.15, 0.2) is 27.4 Å². The van der Waals surface area contributed by atoms with Crippen LogP contribution in [0.25, 0.3) is 22.3 Å². The first-order chi connectivity index (χ1) is 16.0. The molecule has 5 unspecified atom stereocenters. The number of aromatic hydroxyl groups is 6. The van der Waals surface area contributed by atoms with Crippen LogP contribution in [0.3, 0.4) is 0 Å². The fraction of sp³-hybridized carbons (Fsp3) is 0.286. The molecule has 13 nitrogen and oxygen atoms in total. The lowest BCUT2D eigenvalue weighted by atomic mass is 9.89. The molecule has 1 aliphatic heterocycles. The van der Waals surface area contributed by atoms with Gasteiger partial charge < -0.3 is 60.2 Å². The molecule has 13 heteroatoms. The molecule has 34 heavy (non-hydrogen) atoms. The number of hydrogen-bond donors (Lipinski definition) is 10. The quantitative estimate of drug-likeness (QED) is 0.163. The highest BCUT2D eigenvalue weighted by Gasteiger charge is 2.46. The van der Waals surface area contributed by atoms with E-state index in [-0.39, 0.29) is 0 Å². The van der Waals surface area contributed by atoms with Gasteiger partial charge in [-0.25, -0.2) is 0 Å². The second kappa shape index (κ2) is 8.23. The number of phenols is 5. The van der Waals surface area contributed by atoms with Crippen LogP contribution >= 0.6 is 0 Å². The molecule has 0 spiro atoms. The van der Waals surface area contributed by atoms with Crippen molar-refractivity contribution in [2.45, 2.75) is 30.5 Å². The number of aliphatic hydroxyl groups excluding tert-OH is 4. The van der Waals surface area contributed by atoms with Crippen LogP contribution in [0, 0.1) is 0 Å². The molecule has 0 aliphatic carbocycles. The molecule has 0 saturated carbocycles. The average molecular weight is 480 g/mol. The maximum Gasteiger partial charge on any atom is 0.238 e. The van der Waals surface area contributed by atoms with Crippen molar-refractivity contribution < 1.29 is 60.2 Å². The zero-order chi connectivity index (χ0) is 25.1. The van der Waals surface area contributed by atoms with Gasteiger partial charge in [0.15, 0.2) is 17.3 Å². The van der Waals surface area contributed by atoms with E-state index in [0.29, 0.717) is 0 Å². The molecule has 0 radical (unpaired) electrons. The Morgan fingerprint density at radius 3 is 2.06 bits per heavy atom. The summed E-state index contributed by atoms with van der Waals surface area (Å²) in [4.78, 5) is 12.9. The van der Waals surface area contributed by atoms with Crippen molar-refractivity contribution in [3.63, 3.8) is 0 Å². The summed E-state index contributed by atoms with van der Waals surface area (Å²) in [5.74, 6) is -5.64. The van der Waals surface area contributed by atoms with E-state index in [0.717, 1.165) is 18.2 Å². The highest BCUT2D eigenvalue weighted by Crippen LogP contribution is 2.47. The van der Waals surface area contributed by atoms with Gasteiger partial charge in [0.05, 0.1) is 17.7 Å². The first-order valence-corrected chi connectivity index (χ1v) is 9.78. The molecule has 1 saturated heterocycles. The Bertz CT molecular complexity index is 1330. The molecule has 1 fully saturated rings. The molecule has 0 bridgehead atoms. The monoisotopic (exact) mass is 480 g/mol. The van der Waals surface area contributed by atoms with Gasteiger partial charge in [-0.15, -0.1) is 0 Å². The number of benzene rings is 2. The van der Waals surface area contributed by atoms with Gasteiger partial charge in [0.1, 0.15) is 58.7 Å². The van der Waals surface area contributed by atoms with Gasteiger partial charge in [-0.3, -0.25) is 4.79 Å². The van der Waals surface area contributed by atoms with Crippen molar-refractivity contribution in [3.05, 3.63) is 34.0 Å². The van der Waals surface area contributed by atoms with Gasteiger partial charge in [0.2, 0.25) is 11.2 Å². The van der Waals surface area contributed by atoms with Crippen molar-refractivity contribution >= 4 is 11.0 Å². The first-order valence-electron chi connectivity index (χ1n) is 9.78. The summed E-state index contributed by atoms with van der Waals surface area (Å²) >= 11 is 0. The van der Waals surface area contributed by atoms with Crippen molar-refractivity contribution in [2.24, 2.45) is 0 Å².